The quantitative estimate of drug-likeness (QED) is 0.756. The fourth-order valence-electron chi connectivity index (χ4n) is 1.77. The van der Waals surface area contributed by atoms with Gasteiger partial charge in [-0.15, -0.1) is 0 Å². The highest BCUT2D eigenvalue weighted by Crippen LogP contribution is 2.17. The molecule has 0 aromatic carbocycles. The maximum atomic E-state index is 5.79. The van der Waals surface area contributed by atoms with E-state index in [9.17, 15) is 0 Å². The molecule has 1 unspecified atom stereocenters. The van der Waals surface area contributed by atoms with Gasteiger partial charge in [-0.3, -0.25) is 9.58 Å². The van der Waals surface area contributed by atoms with E-state index in [1.54, 1.807) is 0 Å². The minimum atomic E-state index is 0.304. The van der Waals surface area contributed by atoms with Crippen LogP contribution in [0.2, 0.25) is 0 Å². The molecule has 4 heteroatoms. The number of nitrogens with two attached hydrogens (primary N) is 1. The van der Waals surface area contributed by atoms with Crippen LogP contribution >= 0.6 is 0 Å². The van der Waals surface area contributed by atoms with Gasteiger partial charge < -0.3 is 5.73 Å². The van der Waals surface area contributed by atoms with Gasteiger partial charge >= 0.3 is 0 Å². The van der Waals surface area contributed by atoms with Crippen molar-refractivity contribution in [1.82, 2.24) is 14.7 Å². The summed E-state index contributed by atoms with van der Waals surface area (Å²) in [7, 11) is 1.93. The van der Waals surface area contributed by atoms with Crippen molar-refractivity contribution in [3.63, 3.8) is 0 Å². The van der Waals surface area contributed by atoms with Crippen LogP contribution in [0, 0.1) is 0 Å². The SMILES string of the molecule is CCN(CC)C(CN)c1cnn(C)c1. The smallest absolute Gasteiger partial charge is 0.0538 e. The molecule has 0 spiro atoms. The van der Waals surface area contributed by atoms with Gasteiger partial charge in [0, 0.05) is 25.4 Å². The summed E-state index contributed by atoms with van der Waals surface area (Å²) < 4.78 is 1.82. The predicted molar refractivity (Wildman–Crippen MR) is 57.9 cm³/mol. The molecule has 14 heavy (non-hydrogen) atoms. The Morgan fingerprint density at radius 3 is 2.50 bits per heavy atom. The second kappa shape index (κ2) is 5.12. The first-order valence-electron chi connectivity index (χ1n) is 5.15. The summed E-state index contributed by atoms with van der Waals surface area (Å²) in [4.78, 5) is 2.34. The molecule has 0 aliphatic heterocycles. The first-order chi connectivity index (χ1) is 6.72. The van der Waals surface area contributed by atoms with E-state index in [-0.39, 0.29) is 0 Å². The lowest BCUT2D eigenvalue weighted by Gasteiger charge is -2.27. The zero-order valence-corrected chi connectivity index (χ0v) is 9.27. The van der Waals surface area contributed by atoms with E-state index in [2.05, 4.69) is 23.8 Å². The van der Waals surface area contributed by atoms with Gasteiger partial charge in [0.25, 0.3) is 0 Å². The topological polar surface area (TPSA) is 47.1 Å². The second-order valence-electron chi connectivity index (χ2n) is 3.42. The molecule has 1 aromatic heterocycles. The number of aryl methyl sites for hydroxylation is 1. The molecule has 0 bridgehead atoms. The standard InChI is InChI=1S/C10H20N4/c1-4-14(5-2)10(6-11)9-7-12-13(3)8-9/h7-8,10H,4-6,11H2,1-3H3. The maximum Gasteiger partial charge on any atom is 0.0538 e. The molecule has 80 valence electrons. The monoisotopic (exact) mass is 196 g/mol. The summed E-state index contributed by atoms with van der Waals surface area (Å²) in [6.07, 6.45) is 3.94. The molecular weight excluding hydrogens is 176 g/mol. The van der Waals surface area contributed by atoms with Crippen LogP contribution in [-0.2, 0) is 7.05 Å². The molecule has 0 aliphatic carbocycles. The van der Waals surface area contributed by atoms with E-state index in [1.807, 2.05) is 24.1 Å². The molecule has 1 rings (SSSR count). The summed E-state index contributed by atoms with van der Waals surface area (Å²) in [5.74, 6) is 0. The summed E-state index contributed by atoms with van der Waals surface area (Å²) in [6.45, 7) is 7.00. The lowest BCUT2D eigenvalue weighted by molar-refractivity contribution is 0.224. The van der Waals surface area contributed by atoms with Crippen LogP contribution in [0.4, 0.5) is 0 Å². The van der Waals surface area contributed by atoms with Crippen molar-refractivity contribution in [2.24, 2.45) is 12.8 Å². The van der Waals surface area contributed by atoms with E-state index in [1.165, 1.54) is 5.56 Å². The Morgan fingerprint density at radius 1 is 1.50 bits per heavy atom. The van der Waals surface area contributed by atoms with E-state index in [0.717, 1.165) is 13.1 Å². The van der Waals surface area contributed by atoms with Crippen LogP contribution in [0.5, 0.6) is 0 Å². The Balaban J connectivity index is 2.80. The van der Waals surface area contributed by atoms with Crippen molar-refractivity contribution < 1.29 is 0 Å². The van der Waals surface area contributed by atoms with Crippen LogP contribution < -0.4 is 5.73 Å². The van der Waals surface area contributed by atoms with E-state index in [4.69, 9.17) is 5.73 Å². The first kappa shape index (κ1) is 11.2. The van der Waals surface area contributed by atoms with Crippen molar-refractivity contribution >= 4 is 0 Å². The Morgan fingerprint density at radius 2 is 2.14 bits per heavy atom. The number of rotatable bonds is 5. The lowest BCUT2D eigenvalue weighted by Crippen LogP contribution is -2.33. The number of aromatic nitrogens is 2. The number of hydrogen-bond donors (Lipinski definition) is 1. The minimum absolute atomic E-state index is 0.304. The summed E-state index contributed by atoms with van der Waals surface area (Å²) in [6, 6.07) is 0.304. The van der Waals surface area contributed by atoms with Crippen molar-refractivity contribution in [3.05, 3.63) is 18.0 Å². The largest absolute Gasteiger partial charge is 0.329 e. The van der Waals surface area contributed by atoms with Crippen LogP contribution in [0.15, 0.2) is 12.4 Å². The molecule has 1 atom stereocenters. The fraction of sp³-hybridized carbons (Fsp3) is 0.700. The molecule has 1 heterocycles. The second-order valence-corrected chi connectivity index (χ2v) is 3.42. The lowest BCUT2D eigenvalue weighted by atomic mass is 10.1. The molecular formula is C10H20N4. The van der Waals surface area contributed by atoms with Gasteiger partial charge in [-0.25, -0.2) is 0 Å². The van der Waals surface area contributed by atoms with E-state index in [0.29, 0.717) is 12.6 Å². The van der Waals surface area contributed by atoms with Crippen molar-refractivity contribution in [2.75, 3.05) is 19.6 Å². The van der Waals surface area contributed by atoms with Crippen LogP contribution in [0.25, 0.3) is 0 Å². The molecule has 1 aromatic rings. The third kappa shape index (κ3) is 2.33. The number of nitrogens with zero attached hydrogens (tertiary/aromatic N) is 3. The van der Waals surface area contributed by atoms with Gasteiger partial charge in [0.2, 0.25) is 0 Å². The van der Waals surface area contributed by atoms with Crippen molar-refractivity contribution in [3.8, 4) is 0 Å². The molecule has 4 nitrogen and oxygen atoms in total. The first-order valence-corrected chi connectivity index (χ1v) is 5.15. The van der Waals surface area contributed by atoms with Gasteiger partial charge in [0.15, 0.2) is 0 Å². The Bertz CT molecular complexity index is 265. The molecule has 0 saturated carbocycles. The maximum absolute atomic E-state index is 5.79. The third-order valence-electron chi connectivity index (χ3n) is 2.59. The highest BCUT2D eigenvalue weighted by molar-refractivity contribution is 5.11. The molecule has 0 saturated heterocycles. The van der Waals surface area contributed by atoms with Crippen LogP contribution in [-0.4, -0.2) is 34.3 Å². The Hall–Kier alpha value is -0.870. The predicted octanol–water partition coefficient (Wildman–Crippen LogP) is 0.762. The number of likely N-dealkylation sites (N-methyl/N-ethyl adjacent to an activating group) is 1. The highest BCUT2D eigenvalue weighted by atomic mass is 15.2. The third-order valence-corrected chi connectivity index (χ3v) is 2.59. The highest BCUT2D eigenvalue weighted by Gasteiger charge is 2.17. The summed E-state index contributed by atoms with van der Waals surface area (Å²) >= 11 is 0. The molecule has 0 aliphatic rings. The van der Waals surface area contributed by atoms with Crippen LogP contribution in [0.3, 0.4) is 0 Å². The zero-order chi connectivity index (χ0) is 10.6. The van der Waals surface area contributed by atoms with Gasteiger partial charge in [-0.05, 0) is 13.1 Å². The summed E-state index contributed by atoms with van der Waals surface area (Å²) in [5, 5.41) is 4.17. The Labute approximate surface area is 85.7 Å². The number of hydrogen-bond acceptors (Lipinski definition) is 3. The van der Waals surface area contributed by atoms with Gasteiger partial charge in [-0.2, -0.15) is 5.10 Å². The Kier molecular flexibility index (Phi) is 4.10. The molecule has 2 N–H and O–H groups in total. The average molecular weight is 196 g/mol. The van der Waals surface area contributed by atoms with E-state index < -0.39 is 0 Å². The zero-order valence-electron chi connectivity index (χ0n) is 9.27. The van der Waals surface area contributed by atoms with Gasteiger partial charge in [-0.1, -0.05) is 13.8 Å². The van der Waals surface area contributed by atoms with Gasteiger partial charge in [0.05, 0.1) is 12.2 Å². The van der Waals surface area contributed by atoms with Crippen molar-refractivity contribution in [1.29, 1.82) is 0 Å². The average Bonchev–Trinajstić information content (AvgIpc) is 2.60. The molecule has 0 amide bonds. The van der Waals surface area contributed by atoms with Crippen LogP contribution in [0.1, 0.15) is 25.5 Å². The normalized spacial score (nSPS) is 13.5. The summed E-state index contributed by atoms with van der Waals surface area (Å²) in [5.41, 5.74) is 6.99. The van der Waals surface area contributed by atoms with Crippen molar-refractivity contribution in [2.45, 2.75) is 19.9 Å². The van der Waals surface area contributed by atoms with E-state index >= 15 is 0 Å². The molecule has 0 radical (unpaired) electrons. The molecule has 0 fully saturated rings. The fourth-order valence-corrected chi connectivity index (χ4v) is 1.77. The minimum Gasteiger partial charge on any atom is -0.329 e. The van der Waals surface area contributed by atoms with Gasteiger partial charge in [0.1, 0.15) is 0 Å².